The molecule has 6 nitrogen and oxygen atoms in total. The lowest BCUT2D eigenvalue weighted by Gasteiger charge is -2.24. The van der Waals surface area contributed by atoms with Gasteiger partial charge >= 0.3 is 5.97 Å². The van der Waals surface area contributed by atoms with Crippen molar-refractivity contribution in [3.8, 4) is 0 Å². The second-order valence-corrected chi connectivity index (χ2v) is 16.3. The van der Waals surface area contributed by atoms with E-state index in [1.165, 1.54) is 135 Å². The molecule has 0 aliphatic carbocycles. The fourth-order valence-electron chi connectivity index (χ4n) is 7.10. The Bertz CT molecular complexity index is 1030. The molecule has 0 bridgehead atoms. The van der Waals surface area contributed by atoms with Gasteiger partial charge in [-0.2, -0.15) is 0 Å². The number of esters is 1. The molecule has 330 valence electrons. The summed E-state index contributed by atoms with van der Waals surface area (Å²) in [5.74, 6) is -0.605. The lowest BCUT2D eigenvalue weighted by atomic mass is 10.0. The summed E-state index contributed by atoms with van der Waals surface area (Å²) in [7, 11) is 0. The van der Waals surface area contributed by atoms with Crippen LogP contribution >= 0.6 is 0 Å². The van der Waals surface area contributed by atoms with E-state index < -0.39 is 18.2 Å². The summed E-state index contributed by atoms with van der Waals surface area (Å²) in [6.07, 6.45) is 54.5. The van der Waals surface area contributed by atoms with Gasteiger partial charge in [0, 0.05) is 12.8 Å². The Morgan fingerprint density at radius 3 is 1.33 bits per heavy atom. The number of amides is 1. The number of nitrogens with one attached hydrogen (secondary N) is 1. The molecule has 0 aromatic carbocycles. The average molecular weight is 798 g/mol. The highest BCUT2D eigenvalue weighted by atomic mass is 16.5. The van der Waals surface area contributed by atoms with Crippen LogP contribution in [0.5, 0.6) is 0 Å². The first-order chi connectivity index (χ1) is 28.0. The molecule has 0 aromatic rings. The third-order valence-electron chi connectivity index (χ3n) is 10.7. The Balaban J connectivity index is 4.62. The highest BCUT2D eigenvalue weighted by Gasteiger charge is 2.23. The molecule has 57 heavy (non-hydrogen) atoms. The van der Waals surface area contributed by atoms with Crippen LogP contribution in [0.1, 0.15) is 226 Å². The molecule has 0 rings (SSSR count). The van der Waals surface area contributed by atoms with Crippen LogP contribution in [0.25, 0.3) is 0 Å². The monoisotopic (exact) mass is 798 g/mol. The molecular weight excluding hydrogens is 707 g/mol. The zero-order chi connectivity index (χ0) is 41.7. The highest BCUT2D eigenvalue weighted by Crippen LogP contribution is 2.17. The Kier molecular flexibility index (Phi) is 42.7. The minimum absolute atomic E-state index is 0.0176. The number of ether oxygens (including phenoxy) is 1. The fourth-order valence-corrected chi connectivity index (χ4v) is 7.10. The van der Waals surface area contributed by atoms with E-state index in [9.17, 15) is 19.8 Å². The molecule has 6 heteroatoms. The third-order valence-corrected chi connectivity index (χ3v) is 10.7. The van der Waals surface area contributed by atoms with E-state index >= 15 is 0 Å². The van der Waals surface area contributed by atoms with Gasteiger partial charge in [-0.25, -0.2) is 0 Å². The minimum atomic E-state index is -0.815. The maximum absolute atomic E-state index is 13.1. The topological polar surface area (TPSA) is 95.9 Å². The number of aliphatic hydroxyl groups excluding tert-OH is 2. The van der Waals surface area contributed by atoms with Gasteiger partial charge in [-0.05, 0) is 19.3 Å². The first-order valence-corrected chi connectivity index (χ1v) is 24.1. The van der Waals surface area contributed by atoms with Crippen LogP contribution in [0, 0.1) is 0 Å². The van der Waals surface area contributed by atoms with Crippen LogP contribution in [-0.2, 0) is 14.3 Å². The Morgan fingerprint density at radius 1 is 0.526 bits per heavy atom. The van der Waals surface area contributed by atoms with Crippen molar-refractivity contribution in [2.75, 3.05) is 6.61 Å². The fraction of sp³-hybridized carbons (Fsp3) is 0.765. The van der Waals surface area contributed by atoms with Gasteiger partial charge in [-0.15, -0.1) is 0 Å². The maximum Gasteiger partial charge on any atom is 0.306 e. The first kappa shape index (κ1) is 54.6. The molecule has 0 aromatic heterocycles. The van der Waals surface area contributed by atoms with Crippen LogP contribution in [-0.4, -0.2) is 46.9 Å². The van der Waals surface area contributed by atoms with Crippen LogP contribution in [0.3, 0.4) is 0 Å². The van der Waals surface area contributed by atoms with Gasteiger partial charge in [-0.1, -0.05) is 248 Å². The maximum atomic E-state index is 13.1. The van der Waals surface area contributed by atoms with Gasteiger partial charge in [0.15, 0.2) is 0 Å². The zero-order valence-corrected chi connectivity index (χ0v) is 37.5. The summed E-state index contributed by atoms with van der Waals surface area (Å²) in [4.78, 5) is 26.0. The van der Waals surface area contributed by atoms with E-state index in [2.05, 4.69) is 32.2 Å². The number of hydrogen-bond acceptors (Lipinski definition) is 5. The third kappa shape index (κ3) is 40.1. The summed E-state index contributed by atoms with van der Waals surface area (Å²) in [6.45, 7) is 6.28. The van der Waals surface area contributed by atoms with Gasteiger partial charge in [-0.3, -0.25) is 9.59 Å². The lowest BCUT2D eigenvalue weighted by Crippen LogP contribution is -2.46. The van der Waals surface area contributed by atoms with Gasteiger partial charge in [0.05, 0.1) is 25.2 Å². The second-order valence-electron chi connectivity index (χ2n) is 16.3. The van der Waals surface area contributed by atoms with Crippen LogP contribution in [0.2, 0.25) is 0 Å². The van der Waals surface area contributed by atoms with Crippen molar-refractivity contribution in [3.63, 3.8) is 0 Å². The second kappa shape index (κ2) is 44.7. The number of carbonyl (C=O) groups is 2. The number of carbonyl (C=O) groups excluding carboxylic acids is 2. The number of hydrogen-bond donors (Lipinski definition) is 3. The molecule has 0 saturated heterocycles. The first-order valence-electron chi connectivity index (χ1n) is 24.1. The van der Waals surface area contributed by atoms with Crippen molar-refractivity contribution in [2.24, 2.45) is 0 Å². The molecule has 0 fully saturated rings. The summed E-state index contributed by atoms with van der Waals surface area (Å²) in [5.41, 5.74) is 0. The van der Waals surface area contributed by atoms with Crippen molar-refractivity contribution >= 4 is 11.9 Å². The summed E-state index contributed by atoms with van der Waals surface area (Å²) in [6, 6.07) is -0.737. The van der Waals surface area contributed by atoms with Crippen LogP contribution in [0.4, 0.5) is 0 Å². The number of aliphatic hydroxyl groups is 2. The molecular formula is C51H91NO5. The van der Waals surface area contributed by atoms with E-state index in [1.54, 1.807) is 0 Å². The van der Waals surface area contributed by atoms with Crippen molar-refractivity contribution in [3.05, 3.63) is 60.8 Å². The van der Waals surface area contributed by atoms with Crippen molar-refractivity contribution in [1.29, 1.82) is 0 Å². The van der Waals surface area contributed by atoms with E-state index in [0.717, 1.165) is 44.9 Å². The molecule has 3 unspecified atom stereocenters. The highest BCUT2D eigenvalue weighted by molar-refractivity contribution is 5.77. The Hall–Kier alpha value is -2.44. The number of allylic oxidation sites excluding steroid dienone is 9. The van der Waals surface area contributed by atoms with E-state index in [1.807, 2.05) is 54.7 Å². The Morgan fingerprint density at radius 2 is 0.912 bits per heavy atom. The molecule has 0 saturated carbocycles. The van der Waals surface area contributed by atoms with Crippen molar-refractivity contribution in [1.82, 2.24) is 5.32 Å². The van der Waals surface area contributed by atoms with Crippen LogP contribution in [0.15, 0.2) is 60.8 Å². The normalized spacial score (nSPS) is 13.8. The van der Waals surface area contributed by atoms with E-state index in [-0.39, 0.29) is 24.9 Å². The van der Waals surface area contributed by atoms with Gasteiger partial charge in [0.2, 0.25) is 5.91 Å². The summed E-state index contributed by atoms with van der Waals surface area (Å²) >= 11 is 0. The summed E-state index contributed by atoms with van der Waals surface area (Å²) in [5, 5.41) is 23.6. The SMILES string of the molecule is CC/C=C/C=C/C=C\C=C/C=C/CC(CC(=O)NC(CO)C(O)CCCCCCCCCCCC)OC(=O)CCCCCCCCCCCCCCCCCCC. The summed E-state index contributed by atoms with van der Waals surface area (Å²) < 4.78 is 5.83. The minimum Gasteiger partial charge on any atom is -0.461 e. The van der Waals surface area contributed by atoms with E-state index in [4.69, 9.17) is 4.74 Å². The van der Waals surface area contributed by atoms with E-state index in [0.29, 0.717) is 19.3 Å². The Labute approximate surface area is 352 Å². The molecule has 0 radical (unpaired) electrons. The molecule has 0 heterocycles. The standard InChI is InChI=1S/C51H91NO5/c1-4-7-10-13-16-19-22-23-24-25-26-27-29-32-35-38-41-44-51(56)57-47(42-39-36-33-30-28-20-17-14-11-8-5-2)45-50(55)52-48(46-53)49(54)43-40-37-34-31-21-18-15-12-9-6-3/h8,11,14,17,20,28,30,33,36,39,47-49,53-54H,4-7,9-10,12-13,15-16,18-19,21-27,29,31-32,34-35,37-38,40-46H2,1-3H3,(H,52,55)/b11-8+,17-14+,28-20-,33-30-,39-36+. The smallest absolute Gasteiger partial charge is 0.306 e. The van der Waals surface area contributed by atoms with Crippen molar-refractivity contribution in [2.45, 2.75) is 244 Å². The molecule has 0 aliphatic heterocycles. The number of rotatable bonds is 42. The molecule has 3 atom stereocenters. The lowest BCUT2D eigenvalue weighted by molar-refractivity contribution is -0.150. The largest absolute Gasteiger partial charge is 0.461 e. The van der Waals surface area contributed by atoms with Crippen molar-refractivity contribution < 1.29 is 24.5 Å². The van der Waals surface area contributed by atoms with Gasteiger partial charge < -0.3 is 20.3 Å². The number of unbranched alkanes of at least 4 members (excludes halogenated alkanes) is 25. The average Bonchev–Trinajstić information content (AvgIpc) is 3.20. The zero-order valence-electron chi connectivity index (χ0n) is 37.5. The van der Waals surface area contributed by atoms with Gasteiger partial charge in [0.25, 0.3) is 0 Å². The predicted octanol–water partition coefficient (Wildman–Crippen LogP) is 14.1. The molecule has 1 amide bonds. The quantitative estimate of drug-likeness (QED) is 0.0325. The molecule has 0 spiro atoms. The van der Waals surface area contributed by atoms with Crippen LogP contribution < -0.4 is 5.32 Å². The van der Waals surface area contributed by atoms with Gasteiger partial charge in [0.1, 0.15) is 6.10 Å². The molecule has 0 aliphatic rings. The molecule has 3 N–H and O–H groups in total. The predicted molar refractivity (Wildman–Crippen MR) is 245 cm³/mol.